The van der Waals surface area contributed by atoms with E-state index in [9.17, 15) is 9.59 Å². The smallest absolute Gasteiger partial charge is 0.277 e. The Kier molecular flexibility index (Phi) is 7.81. The number of aryl methyl sites for hydroxylation is 1. The lowest BCUT2D eigenvalue weighted by atomic mass is 10.1. The third kappa shape index (κ3) is 6.63. The van der Waals surface area contributed by atoms with E-state index in [-0.39, 0.29) is 18.9 Å². The third-order valence-electron chi connectivity index (χ3n) is 4.39. The van der Waals surface area contributed by atoms with Crippen LogP contribution >= 0.6 is 31.9 Å². The molecule has 0 aromatic heterocycles. The summed E-state index contributed by atoms with van der Waals surface area (Å²) in [5.74, 6) is -0.0654. The number of carbonyl (C=O) groups is 2. The molecule has 0 radical (unpaired) electrons. The summed E-state index contributed by atoms with van der Waals surface area (Å²) >= 11 is 6.84. The Morgan fingerprint density at radius 1 is 0.968 bits per heavy atom. The number of anilines is 1. The lowest BCUT2D eigenvalue weighted by molar-refractivity contribution is -0.123. The van der Waals surface area contributed by atoms with Crippen molar-refractivity contribution in [1.82, 2.24) is 5.43 Å². The Morgan fingerprint density at radius 2 is 1.71 bits per heavy atom. The zero-order valence-electron chi connectivity index (χ0n) is 17.0. The first kappa shape index (κ1) is 23.0. The van der Waals surface area contributed by atoms with Crippen molar-refractivity contribution < 1.29 is 14.3 Å². The van der Waals surface area contributed by atoms with E-state index < -0.39 is 5.91 Å². The second-order valence-electron chi connectivity index (χ2n) is 6.99. The lowest BCUT2D eigenvalue weighted by Crippen LogP contribution is -2.26. The maximum Gasteiger partial charge on any atom is 0.277 e. The number of nitrogens with zero attached hydrogens (tertiary/aromatic N) is 1. The minimum atomic E-state index is -0.415. The third-order valence-corrected chi connectivity index (χ3v) is 5.87. The number of hydrogen-bond acceptors (Lipinski definition) is 4. The Morgan fingerprint density at radius 3 is 2.48 bits per heavy atom. The molecule has 0 aliphatic rings. The maximum absolute atomic E-state index is 12.3. The summed E-state index contributed by atoms with van der Waals surface area (Å²) < 4.78 is 7.22. The van der Waals surface area contributed by atoms with Gasteiger partial charge in [-0.1, -0.05) is 46.3 Å². The molecule has 0 aliphatic carbocycles. The number of hydrogen-bond donors (Lipinski definition) is 2. The van der Waals surface area contributed by atoms with Gasteiger partial charge in [0.1, 0.15) is 5.75 Å². The number of halogens is 2. The van der Waals surface area contributed by atoms with Gasteiger partial charge in [-0.2, -0.15) is 5.10 Å². The van der Waals surface area contributed by atoms with E-state index in [0.29, 0.717) is 17.1 Å². The van der Waals surface area contributed by atoms with Crippen LogP contribution < -0.4 is 15.5 Å². The van der Waals surface area contributed by atoms with Crippen LogP contribution in [0.1, 0.15) is 18.9 Å². The quantitative estimate of drug-likeness (QED) is 0.300. The highest BCUT2D eigenvalue weighted by Crippen LogP contribution is 2.31. The van der Waals surface area contributed by atoms with Crippen molar-refractivity contribution in [2.75, 3.05) is 11.9 Å². The highest BCUT2D eigenvalue weighted by atomic mass is 79.9. The second-order valence-corrected chi connectivity index (χ2v) is 8.70. The number of hydrazone groups is 1. The normalized spacial score (nSPS) is 11.3. The van der Waals surface area contributed by atoms with E-state index in [2.05, 4.69) is 47.7 Å². The van der Waals surface area contributed by atoms with Gasteiger partial charge in [0.15, 0.2) is 6.61 Å². The molecule has 3 aromatic rings. The summed E-state index contributed by atoms with van der Waals surface area (Å²) in [6, 6.07) is 17.3. The molecule has 0 bridgehead atoms. The van der Waals surface area contributed by atoms with Gasteiger partial charge >= 0.3 is 0 Å². The van der Waals surface area contributed by atoms with Gasteiger partial charge in [0.05, 0.1) is 10.9 Å². The molecule has 0 saturated carbocycles. The summed E-state index contributed by atoms with van der Waals surface area (Å²) in [6.45, 7) is 3.41. The van der Waals surface area contributed by atoms with Gasteiger partial charge in [-0.15, -0.1) is 0 Å². The topological polar surface area (TPSA) is 79.8 Å². The molecule has 160 valence electrons. The van der Waals surface area contributed by atoms with E-state index in [0.717, 1.165) is 25.3 Å². The van der Waals surface area contributed by atoms with Crippen molar-refractivity contribution in [3.63, 3.8) is 0 Å². The molecule has 0 saturated heterocycles. The molecule has 0 aliphatic heterocycles. The van der Waals surface area contributed by atoms with Gasteiger partial charge in [0.2, 0.25) is 5.91 Å². The number of fused-ring (bicyclic) bond motifs is 1. The molecule has 0 heterocycles. The van der Waals surface area contributed by atoms with E-state index in [1.807, 2.05) is 61.5 Å². The van der Waals surface area contributed by atoms with Gasteiger partial charge in [-0.3, -0.25) is 9.59 Å². The van der Waals surface area contributed by atoms with E-state index in [1.54, 1.807) is 6.92 Å². The summed E-state index contributed by atoms with van der Waals surface area (Å²) in [5, 5.41) is 8.98. The summed E-state index contributed by atoms with van der Waals surface area (Å²) in [6.07, 6.45) is 0.0609. The molecule has 6 nitrogen and oxygen atoms in total. The predicted molar refractivity (Wildman–Crippen MR) is 131 cm³/mol. The largest absolute Gasteiger partial charge is 0.483 e. The highest BCUT2D eigenvalue weighted by molar-refractivity contribution is 9.11. The molecule has 8 heteroatoms. The van der Waals surface area contributed by atoms with E-state index in [4.69, 9.17) is 4.74 Å². The molecule has 0 unspecified atom stereocenters. The maximum atomic E-state index is 12.3. The molecule has 2 N–H and O–H groups in total. The van der Waals surface area contributed by atoms with Crippen LogP contribution in [0.15, 0.2) is 68.6 Å². The predicted octanol–water partition coefficient (Wildman–Crippen LogP) is 5.57. The van der Waals surface area contributed by atoms with Gasteiger partial charge in [-0.05, 0) is 70.4 Å². The zero-order valence-corrected chi connectivity index (χ0v) is 20.2. The van der Waals surface area contributed by atoms with Crippen LogP contribution in [0, 0.1) is 6.92 Å². The van der Waals surface area contributed by atoms with Crippen molar-refractivity contribution in [2.24, 2.45) is 5.10 Å². The Bertz CT molecular complexity index is 1160. The van der Waals surface area contributed by atoms with Crippen LogP contribution in [0.4, 0.5) is 5.69 Å². The fourth-order valence-electron chi connectivity index (χ4n) is 2.82. The highest BCUT2D eigenvalue weighted by Gasteiger charge is 2.09. The van der Waals surface area contributed by atoms with Gasteiger partial charge in [0, 0.05) is 15.9 Å². The number of amides is 2. The molecule has 0 fully saturated rings. The average Bonchev–Trinajstić information content (AvgIpc) is 2.73. The van der Waals surface area contributed by atoms with Crippen molar-refractivity contribution in [3.8, 4) is 5.75 Å². The lowest BCUT2D eigenvalue weighted by Gasteiger charge is -2.10. The van der Waals surface area contributed by atoms with Crippen LogP contribution in [0.25, 0.3) is 10.8 Å². The first-order chi connectivity index (χ1) is 14.8. The number of nitrogens with one attached hydrogen (secondary N) is 2. The van der Waals surface area contributed by atoms with Crippen LogP contribution in [-0.4, -0.2) is 24.1 Å². The first-order valence-electron chi connectivity index (χ1n) is 9.51. The molecular weight excluding hydrogens is 526 g/mol. The molecule has 2 amide bonds. The first-order valence-corrected chi connectivity index (χ1v) is 11.1. The van der Waals surface area contributed by atoms with Crippen LogP contribution in [-0.2, 0) is 9.59 Å². The minimum absolute atomic E-state index is 0.0609. The monoisotopic (exact) mass is 545 g/mol. The van der Waals surface area contributed by atoms with Crippen molar-refractivity contribution in [2.45, 2.75) is 20.3 Å². The second kappa shape index (κ2) is 10.5. The van der Waals surface area contributed by atoms with Crippen LogP contribution in [0.3, 0.4) is 0 Å². The van der Waals surface area contributed by atoms with Gasteiger partial charge in [-0.25, -0.2) is 5.43 Å². The van der Waals surface area contributed by atoms with E-state index in [1.165, 1.54) is 0 Å². The summed E-state index contributed by atoms with van der Waals surface area (Å²) in [5.41, 5.74) is 4.59. The molecule has 3 aromatic carbocycles. The van der Waals surface area contributed by atoms with Crippen molar-refractivity contribution in [3.05, 3.63) is 69.1 Å². The number of rotatable bonds is 7. The molecule has 3 rings (SSSR count). The fourth-order valence-corrected chi connectivity index (χ4v) is 3.93. The van der Waals surface area contributed by atoms with Gasteiger partial charge in [0.25, 0.3) is 5.91 Å². The van der Waals surface area contributed by atoms with Crippen molar-refractivity contribution in [1.29, 1.82) is 0 Å². The molecule has 31 heavy (non-hydrogen) atoms. The number of benzene rings is 3. The number of carbonyl (C=O) groups excluding carboxylic acids is 2. The van der Waals surface area contributed by atoms with Crippen LogP contribution in [0.2, 0.25) is 0 Å². The van der Waals surface area contributed by atoms with E-state index >= 15 is 0 Å². The average molecular weight is 547 g/mol. The SMILES string of the molecule is CC(CC(=O)Nc1ccc2ccccc2c1)=NNC(=O)COc1cc(C)c(Br)cc1Br. The Balaban J connectivity index is 1.48. The molecular formula is C23H21Br2N3O3. The Labute approximate surface area is 197 Å². The summed E-state index contributed by atoms with van der Waals surface area (Å²) in [4.78, 5) is 24.3. The standard InChI is InChI=1S/C23H21Br2N3O3/c1-14-9-21(20(25)12-19(14)24)31-13-23(30)28-27-15(2)10-22(29)26-18-8-7-16-5-3-4-6-17(16)11-18/h3-9,11-12H,10,13H2,1-2H3,(H,26,29)(H,28,30). The van der Waals surface area contributed by atoms with Crippen LogP contribution in [0.5, 0.6) is 5.75 Å². The van der Waals surface area contributed by atoms with Crippen molar-refractivity contribution >= 4 is 65.8 Å². The van der Waals surface area contributed by atoms with Gasteiger partial charge < -0.3 is 10.1 Å². The Hall–Kier alpha value is -2.71. The summed E-state index contributed by atoms with van der Waals surface area (Å²) in [7, 11) is 0. The minimum Gasteiger partial charge on any atom is -0.483 e. The molecule has 0 atom stereocenters. The number of ether oxygens (including phenoxy) is 1. The zero-order chi connectivity index (χ0) is 22.4. The molecule has 0 spiro atoms. The fraction of sp³-hybridized carbons (Fsp3) is 0.174.